The molecule has 0 aliphatic carbocycles. The summed E-state index contributed by atoms with van der Waals surface area (Å²) in [7, 11) is -10.1. The van der Waals surface area contributed by atoms with Crippen LogP contribution in [0.25, 0.3) is 0 Å². The summed E-state index contributed by atoms with van der Waals surface area (Å²) in [6.45, 7) is 0. The van der Waals surface area contributed by atoms with Crippen LogP contribution in [0.15, 0.2) is 24.3 Å². The van der Waals surface area contributed by atoms with Gasteiger partial charge in [0.1, 0.15) is 0 Å². The molecule has 0 heterocycles. The van der Waals surface area contributed by atoms with Crippen molar-refractivity contribution in [1.82, 2.24) is 0 Å². The third-order valence-electron chi connectivity index (χ3n) is 2.29. The van der Waals surface area contributed by atoms with Gasteiger partial charge in [-0.2, -0.15) is 12.6 Å². The molecular formula is C8H13NO6P2S. The van der Waals surface area contributed by atoms with Crippen LogP contribution in [-0.4, -0.2) is 25.0 Å². The summed E-state index contributed by atoms with van der Waals surface area (Å²) in [5, 5.41) is -3.59. The van der Waals surface area contributed by atoms with Gasteiger partial charge in [-0.3, -0.25) is 9.13 Å². The largest absolute Gasteiger partial charge is 0.398 e. The molecule has 0 aromatic heterocycles. The highest BCUT2D eigenvalue weighted by atomic mass is 32.1. The van der Waals surface area contributed by atoms with Crippen molar-refractivity contribution in [3.8, 4) is 0 Å². The first-order valence-corrected chi connectivity index (χ1v) is 8.56. The van der Waals surface area contributed by atoms with Gasteiger partial charge in [-0.1, -0.05) is 18.2 Å². The number of hydrogen-bond donors (Lipinski definition) is 6. The van der Waals surface area contributed by atoms with Gasteiger partial charge in [0.15, 0.2) is 5.40 Å². The molecule has 7 nitrogen and oxygen atoms in total. The van der Waals surface area contributed by atoms with Crippen LogP contribution in [0.3, 0.4) is 0 Å². The third-order valence-corrected chi connectivity index (χ3v) is 7.11. The SMILES string of the molecule is Nc1ccccc1C(S)C(P(=O)(O)O)P(=O)(O)O. The highest BCUT2D eigenvalue weighted by molar-refractivity contribution is 7.83. The molecule has 1 atom stereocenters. The molecule has 0 spiro atoms. The minimum Gasteiger partial charge on any atom is -0.398 e. The van der Waals surface area contributed by atoms with E-state index in [4.69, 9.17) is 25.3 Å². The van der Waals surface area contributed by atoms with Gasteiger partial charge in [0.2, 0.25) is 0 Å². The number of benzene rings is 1. The first-order valence-electron chi connectivity index (χ1n) is 4.68. The molecule has 0 amide bonds. The molecule has 1 rings (SSSR count). The van der Waals surface area contributed by atoms with E-state index < -0.39 is 25.8 Å². The first kappa shape index (κ1) is 15.7. The highest BCUT2D eigenvalue weighted by Crippen LogP contribution is 2.65. The molecule has 0 fully saturated rings. The maximum absolute atomic E-state index is 11.2. The van der Waals surface area contributed by atoms with Gasteiger partial charge in [-0.15, -0.1) is 0 Å². The summed E-state index contributed by atoms with van der Waals surface area (Å²) >= 11 is 3.91. The van der Waals surface area contributed by atoms with Crippen LogP contribution in [0.4, 0.5) is 5.69 Å². The lowest BCUT2D eigenvalue weighted by atomic mass is 10.1. The fraction of sp³-hybridized carbons (Fsp3) is 0.250. The minimum absolute atomic E-state index is 0.157. The molecule has 1 aromatic rings. The summed E-state index contributed by atoms with van der Waals surface area (Å²) in [5.41, 5.74) is 5.91. The quantitative estimate of drug-likeness (QED) is 0.276. The van der Waals surface area contributed by atoms with Gasteiger partial charge < -0.3 is 25.3 Å². The molecule has 10 heteroatoms. The molecule has 18 heavy (non-hydrogen) atoms. The van der Waals surface area contributed by atoms with E-state index in [0.29, 0.717) is 0 Å². The molecule has 1 unspecified atom stereocenters. The first-order chi connectivity index (χ1) is 8.05. The molecule has 102 valence electrons. The van der Waals surface area contributed by atoms with E-state index in [1.165, 1.54) is 18.2 Å². The standard InChI is InChI=1S/C8H13NO6P2S/c9-6-4-2-1-3-5(6)7(18)8(16(10,11)12)17(13,14)15/h1-4,7-8,18H,9H2,(H2,10,11,12)(H2,13,14,15). The van der Waals surface area contributed by atoms with Crippen molar-refractivity contribution in [1.29, 1.82) is 0 Å². The Morgan fingerprint density at radius 3 is 1.89 bits per heavy atom. The summed E-state index contributed by atoms with van der Waals surface area (Å²) < 4.78 is 22.4. The number of thiol groups is 1. The molecule has 0 aliphatic rings. The van der Waals surface area contributed by atoms with E-state index in [1.807, 2.05) is 0 Å². The Kier molecular flexibility index (Phi) is 4.67. The maximum Gasteiger partial charge on any atom is 0.342 e. The van der Waals surface area contributed by atoms with Crippen molar-refractivity contribution < 1.29 is 28.7 Å². The normalized spacial score (nSPS) is 14.8. The van der Waals surface area contributed by atoms with Crippen molar-refractivity contribution in [3.05, 3.63) is 29.8 Å². The highest BCUT2D eigenvalue weighted by Gasteiger charge is 2.48. The van der Waals surface area contributed by atoms with Crippen LogP contribution < -0.4 is 5.73 Å². The number of nitrogens with two attached hydrogens (primary N) is 1. The lowest BCUT2D eigenvalue weighted by Crippen LogP contribution is -2.16. The van der Waals surface area contributed by atoms with Crippen LogP contribution in [-0.2, 0) is 9.13 Å². The molecule has 0 radical (unpaired) electrons. The van der Waals surface area contributed by atoms with E-state index in [1.54, 1.807) is 6.07 Å². The van der Waals surface area contributed by atoms with Gasteiger partial charge in [-0.25, -0.2) is 0 Å². The molecule has 0 aliphatic heterocycles. The molecular weight excluding hydrogens is 300 g/mol. The summed E-state index contributed by atoms with van der Waals surface area (Å²) in [6, 6.07) is 5.98. The average molecular weight is 313 g/mol. The number of nitrogen functional groups attached to an aromatic ring is 1. The second-order valence-corrected chi connectivity index (χ2v) is 8.10. The smallest absolute Gasteiger partial charge is 0.342 e. The molecule has 0 saturated carbocycles. The predicted molar refractivity (Wildman–Crippen MR) is 70.5 cm³/mol. The van der Waals surface area contributed by atoms with Gasteiger partial charge in [0.25, 0.3) is 0 Å². The Morgan fingerprint density at radius 1 is 1.06 bits per heavy atom. The van der Waals surface area contributed by atoms with Crippen molar-refractivity contribution in [3.63, 3.8) is 0 Å². The zero-order valence-electron chi connectivity index (χ0n) is 8.99. The van der Waals surface area contributed by atoms with Gasteiger partial charge in [0, 0.05) is 5.69 Å². The van der Waals surface area contributed by atoms with E-state index >= 15 is 0 Å². The number of rotatable bonds is 4. The van der Waals surface area contributed by atoms with Gasteiger partial charge in [0.05, 0.1) is 5.25 Å². The van der Waals surface area contributed by atoms with Crippen LogP contribution >= 0.6 is 27.8 Å². The fourth-order valence-corrected chi connectivity index (χ4v) is 5.41. The van der Waals surface area contributed by atoms with Crippen molar-refractivity contribution in [2.24, 2.45) is 0 Å². The van der Waals surface area contributed by atoms with Gasteiger partial charge >= 0.3 is 15.2 Å². The zero-order chi connectivity index (χ0) is 14.1. The van der Waals surface area contributed by atoms with Crippen molar-refractivity contribution in [2.75, 3.05) is 5.73 Å². The third kappa shape index (κ3) is 3.59. The summed E-state index contributed by atoms with van der Waals surface area (Å²) in [4.78, 5) is 36.3. The second-order valence-electron chi connectivity index (χ2n) is 3.67. The minimum atomic E-state index is -5.03. The second kappa shape index (κ2) is 5.35. The Morgan fingerprint density at radius 2 is 1.50 bits per heavy atom. The molecule has 6 N–H and O–H groups in total. The van der Waals surface area contributed by atoms with Crippen molar-refractivity contribution >= 4 is 33.5 Å². The lowest BCUT2D eigenvalue weighted by molar-refractivity contribution is 0.337. The summed E-state index contributed by atoms with van der Waals surface area (Å²) in [6.07, 6.45) is 0. The average Bonchev–Trinajstić information content (AvgIpc) is 2.13. The Hall–Kier alpha value is -0.330. The molecule has 1 aromatic carbocycles. The Balaban J connectivity index is 3.29. The van der Waals surface area contributed by atoms with Crippen LogP contribution in [0.2, 0.25) is 0 Å². The monoisotopic (exact) mass is 313 g/mol. The summed E-state index contributed by atoms with van der Waals surface area (Å²) in [5.74, 6) is 0. The fourth-order valence-electron chi connectivity index (χ4n) is 1.50. The van der Waals surface area contributed by atoms with E-state index in [-0.39, 0.29) is 11.3 Å². The van der Waals surface area contributed by atoms with Crippen LogP contribution in [0, 0.1) is 0 Å². The molecule has 0 bridgehead atoms. The van der Waals surface area contributed by atoms with Gasteiger partial charge in [-0.05, 0) is 11.6 Å². The maximum atomic E-state index is 11.2. The number of anilines is 1. The van der Waals surface area contributed by atoms with E-state index in [9.17, 15) is 9.13 Å². The van der Waals surface area contributed by atoms with E-state index in [2.05, 4.69) is 12.6 Å². The van der Waals surface area contributed by atoms with Crippen molar-refractivity contribution in [2.45, 2.75) is 10.7 Å². The zero-order valence-corrected chi connectivity index (χ0v) is 11.7. The molecule has 0 saturated heterocycles. The Bertz CT molecular complexity index is 504. The van der Waals surface area contributed by atoms with E-state index in [0.717, 1.165) is 0 Å². The topological polar surface area (TPSA) is 141 Å². The number of hydrogen-bond acceptors (Lipinski definition) is 4. The number of para-hydroxylation sites is 1. The predicted octanol–water partition coefficient (Wildman–Crippen LogP) is 0.921. The van der Waals surface area contributed by atoms with Crippen LogP contribution in [0.1, 0.15) is 10.8 Å². The van der Waals surface area contributed by atoms with Crippen LogP contribution in [0.5, 0.6) is 0 Å². The Labute approximate surface area is 109 Å². The lowest BCUT2D eigenvalue weighted by Gasteiger charge is -2.25.